The number of hydrogen-bond acceptors (Lipinski definition) is 2. The Bertz CT molecular complexity index is 1050. The minimum absolute atomic E-state index is 0.537. The first-order chi connectivity index (χ1) is 12.7. The summed E-state index contributed by atoms with van der Waals surface area (Å²) in [5.74, 6) is 0.810. The predicted octanol–water partition coefficient (Wildman–Crippen LogP) is 5.31. The van der Waals surface area contributed by atoms with Gasteiger partial charge >= 0.3 is 0 Å². The summed E-state index contributed by atoms with van der Waals surface area (Å²) in [4.78, 5) is 11.6. The number of aldehydes is 1. The fraction of sp³-hybridized carbons (Fsp3) is 0.0870. The molecule has 26 heavy (non-hydrogen) atoms. The van der Waals surface area contributed by atoms with Crippen LogP contribution in [0.5, 0.6) is 5.75 Å². The standard InChI is InChI=1S/C23H19NO2/c1-17-11-12-24-20(13-17)14-22(23(24)15-25)19-7-9-21(10-8-19)26-16-18-5-3-2-4-6-18/h2-15H,16H2,1H3. The van der Waals surface area contributed by atoms with Gasteiger partial charge in [0.15, 0.2) is 6.29 Å². The minimum atomic E-state index is 0.537. The molecule has 0 aliphatic rings. The summed E-state index contributed by atoms with van der Waals surface area (Å²) in [5, 5.41) is 0. The van der Waals surface area contributed by atoms with E-state index >= 15 is 0 Å². The van der Waals surface area contributed by atoms with E-state index in [2.05, 4.69) is 12.1 Å². The molecule has 3 nitrogen and oxygen atoms in total. The van der Waals surface area contributed by atoms with Crippen molar-refractivity contribution in [2.24, 2.45) is 0 Å². The van der Waals surface area contributed by atoms with Crippen LogP contribution in [-0.2, 0) is 6.61 Å². The summed E-state index contributed by atoms with van der Waals surface area (Å²) < 4.78 is 7.77. The summed E-state index contributed by atoms with van der Waals surface area (Å²) in [7, 11) is 0. The van der Waals surface area contributed by atoms with Gasteiger partial charge in [-0.3, -0.25) is 4.79 Å². The molecule has 0 radical (unpaired) electrons. The van der Waals surface area contributed by atoms with E-state index < -0.39 is 0 Å². The SMILES string of the molecule is Cc1ccn2c(C=O)c(-c3ccc(OCc4ccccc4)cc3)cc2c1. The highest BCUT2D eigenvalue weighted by Crippen LogP contribution is 2.29. The van der Waals surface area contributed by atoms with Crippen molar-refractivity contribution in [3.05, 3.63) is 95.8 Å². The number of benzene rings is 2. The number of aryl methyl sites for hydroxylation is 1. The van der Waals surface area contributed by atoms with E-state index in [1.165, 1.54) is 5.56 Å². The second kappa shape index (κ2) is 6.89. The van der Waals surface area contributed by atoms with Gasteiger partial charge in [-0.25, -0.2) is 0 Å². The lowest BCUT2D eigenvalue weighted by Crippen LogP contribution is -1.95. The molecule has 128 valence electrons. The molecular weight excluding hydrogens is 322 g/mol. The van der Waals surface area contributed by atoms with Crippen LogP contribution in [0.25, 0.3) is 16.6 Å². The van der Waals surface area contributed by atoms with E-state index in [9.17, 15) is 4.79 Å². The van der Waals surface area contributed by atoms with Crippen LogP contribution < -0.4 is 4.74 Å². The van der Waals surface area contributed by atoms with Gasteiger partial charge in [-0.2, -0.15) is 0 Å². The van der Waals surface area contributed by atoms with Gasteiger partial charge in [0.05, 0.1) is 5.69 Å². The van der Waals surface area contributed by atoms with Gasteiger partial charge in [-0.1, -0.05) is 42.5 Å². The first kappa shape index (κ1) is 16.2. The molecule has 0 fully saturated rings. The van der Waals surface area contributed by atoms with Gasteiger partial charge in [-0.15, -0.1) is 0 Å². The van der Waals surface area contributed by atoms with Gasteiger partial charge in [0.25, 0.3) is 0 Å². The van der Waals surface area contributed by atoms with Crippen molar-refractivity contribution < 1.29 is 9.53 Å². The molecule has 0 spiro atoms. The number of hydrogen-bond donors (Lipinski definition) is 0. The normalized spacial score (nSPS) is 10.8. The molecule has 0 aliphatic heterocycles. The van der Waals surface area contributed by atoms with Crippen molar-refractivity contribution in [3.63, 3.8) is 0 Å². The zero-order valence-corrected chi connectivity index (χ0v) is 14.6. The van der Waals surface area contributed by atoms with Crippen molar-refractivity contribution in [1.82, 2.24) is 4.40 Å². The maximum absolute atomic E-state index is 11.6. The average molecular weight is 341 g/mol. The minimum Gasteiger partial charge on any atom is -0.489 e. The van der Waals surface area contributed by atoms with E-state index in [4.69, 9.17) is 4.74 Å². The van der Waals surface area contributed by atoms with E-state index in [-0.39, 0.29) is 0 Å². The lowest BCUT2D eigenvalue weighted by Gasteiger charge is -2.07. The second-order valence-electron chi connectivity index (χ2n) is 6.36. The number of rotatable bonds is 5. The van der Waals surface area contributed by atoms with E-state index in [1.807, 2.05) is 78.2 Å². The third-order valence-corrected chi connectivity index (χ3v) is 4.49. The highest BCUT2D eigenvalue weighted by Gasteiger charge is 2.11. The number of fused-ring (bicyclic) bond motifs is 1. The molecule has 4 aromatic rings. The van der Waals surface area contributed by atoms with E-state index in [1.54, 1.807) is 0 Å². The Hall–Kier alpha value is -3.33. The summed E-state index contributed by atoms with van der Waals surface area (Å²) in [6.07, 6.45) is 2.85. The number of pyridine rings is 1. The number of carbonyl (C=O) groups is 1. The molecule has 2 aromatic heterocycles. The lowest BCUT2D eigenvalue weighted by molar-refractivity contribution is 0.111. The van der Waals surface area contributed by atoms with Crippen molar-refractivity contribution in [2.75, 3.05) is 0 Å². The fourth-order valence-electron chi connectivity index (χ4n) is 3.13. The second-order valence-corrected chi connectivity index (χ2v) is 6.36. The Balaban J connectivity index is 1.60. The van der Waals surface area contributed by atoms with Gasteiger partial charge in [0, 0.05) is 17.3 Å². The van der Waals surface area contributed by atoms with E-state index in [0.29, 0.717) is 12.3 Å². The van der Waals surface area contributed by atoms with Crippen LogP contribution >= 0.6 is 0 Å². The first-order valence-corrected chi connectivity index (χ1v) is 8.58. The van der Waals surface area contributed by atoms with Crippen molar-refractivity contribution in [1.29, 1.82) is 0 Å². The zero-order chi connectivity index (χ0) is 17.9. The largest absolute Gasteiger partial charge is 0.489 e. The highest BCUT2D eigenvalue weighted by atomic mass is 16.5. The van der Waals surface area contributed by atoms with Gasteiger partial charge < -0.3 is 9.14 Å². The quantitative estimate of drug-likeness (QED) is 0.461. The third kappa shape index (κ3) is 3.11. The molecule has 2 aromatic carbocycles. The molecular formula is C23H19NO2. The summed E-state index contributed by atoms with van der Waals surface area (Å²) in [5.41, 5.74) is 5.92. The molecule has 0 unspecified atom stereocenters. The Labute approximate surface area is 152 Å². The first-order valence-electron chi connectivity index (χ1n) is 8.58. The Kier molecular flexibility index (Phi) is 4.28. The molecule has 4 rings (SSSR count). The van der Waals surface area contributed by atoms with Gasteiger partial charge in [0.1, 0.15) is 12.4 Å². The Morgan fingerprint density at radius 3 is 2.46 bits per heavy atom. The lowest BCUT2D eigenvalue weighted by atomic mass is 10.1. The predicted molar refractivity (Wildman–Crippen MR) is 104 cm³/mol. The van der Waals surface area contributed by atoms with Crippen LogP contribution in [0.1, 0.15) is 21.6 Å². The van der Waals surface area contributed by atoms with Crippen LogP contribution in [0, 0.1) is 6.92 Å². The molecule has 0 N–H and O–H groups in total. The monoisotopic (exact) mass is 341 g/mol. The molecule has 0 saturated carbocycles. The van der Waals surface area contributed by atoms with Crippen LogP contribution in [0.15, 0.2) is 79.0 Å². The molecule has 0 amide bonds. The Morgan fingerprint density at radius 1 is 0.962 bits per heavy atom. The van der Waals surface area contributed by atoms with Crippen LogP contribution in [0.2, 0.25) is 0 Å². The molecule has 0 aliphatic carbocycles. The number of aromatic nitrogens is 1. The maximum Gasteiger partial charge on any atom is 0.167 e. The molecule has 2 heterocycles. The van der Waals surface area contributed by atoms with Gasteiger partial charge in [0.2, 0.25) is 0 Å². The average Bonchev–Trinajstić information content (AvgIpc) is 3.05. The molecule has 0 atom stereocenters. The van der Waals surface area contributed by atoms with Crippen molar-refractivity contribution in [2.45, 2.75) is 13.5 Å². The van der Waals surface area contributed by atoms with Gasteiger partial charge in [-0.05, 0) is 53.9 Å². The van der Waals surface area contributed by atoms with E-state index in [0.717, 1.165) is 34.2 Å². The summed E-state index contributed by atoms with van der Waals surface area (Å²) in [6.45, 7) is 2.58. The zero-order valence-electron chi connectivity index (χ0n) is 14.6. The van der Waals surface area contributed by atoms with Crippen molar-refractivity contribution >= 4 is 11.8 Å². The molecule has 0 bridgehead atoms. The molecule has 3 heteroatoms. The smallest absolute Gasteiger partial charge is 0.167 e. The maximum atomic E-state index is 11.6. The summed E-state index contributed by atoms with van der Waals surface area (Å²) in [6, 6.07) is 24.1. The summed E-state index contributed by atoms with van der Waals surface area (Å²) >= 11 is 0. The van der Waals surface area contributed by atoms with Crippen LogP contribution in [-0.4, -0.2) is 10.7 Å². The Morgan fingerprint density at radius 2 is 1.73 bits per heavy atom. The highest BCUT2D eigenvalue weighted by molar-refractivity contribution is 5.90. The number of ether oxygens (including phenoxy) is 1. The number of nitrogens with zero attached hydrogens (tertiary/aromatic N) is 1. The fourth-order valence-corrected chi connectivity index (χ4v) is 3.13. The van der Waals surface area contributed by atoms with Crippen molar-refractivity contribution in [3.8, 4) is 16.9 Å². The van der Waals surface area contributed by atoms with Crippen LogP contribution in [0.3, 0.4) is 0 Å². The molecule has 0 saturated heterocycles. The third-order valence-electron chi connectivity index (χ3n) is 4.49. The topological polar surface area (TPSA) is 30.7 Å². The number of carbonyl (C=O) groups excluding carboxylic acids is 1. The van der Waals surface area contributed by atoms with Crippen LogP contribution in [0.4, 0.5) is 0 Å².